The van der Waals surface area contributed by atoms with Crippen molar-refractivity contribution in [3.05, 3.63) is 41.0 Å². The number of amides is 1. The summed E-state index contributed by atoms with van der Waals surface area (Å²) in [4.78, 5) is 17.2. The molecule has 0 saturated carbocycles. The first-order valence-electron chi connectivity index (χ1n) is 8.76. The number of rotatable bonds is 5. The Morgan fingerprint density at radius 3 is 2.46 bits per heavy atom. The van der Waals surface area contributed by atoms with Gasteiger partial charge in [0, 0.05) is 23.4 Å². The monoisotopic (exact) mass is 400 g/mol. The van der Waals surface area contributed by atoms with Crippen LogP contribution in [0.2, 0.25) is 0 Å². The summed E-state index contributed by atoms with van der Waals surface area (Å²) < 4.78 is 12.2. The van der Waals surface area contributed by atoms with Crippen molar-refractivity contribution in [2.75, 3.05) is 19.5 Å². The average molecular weight is 401 g/mol. The van der Waals surface area contributed by atoms with Crippen LogP contribution in [0.5, 0.6) is 11.5 Å². The Balaban J connectivity index is 1.80. The lowest BCUT2D eigenvalue weighted by atomic mass is 9.92. The number of hydrogen-bond donors (Lipinski definition) is 1. The van der Waals surface area contributed by atoms with Gasteiger partial charge in [0.1, 0.15) is 5.69 Å². The predicted molar refractivity (Wildman–Crippen MR) is 111 cm³/mol. The van der Waals surface area contributed by atoms with Crippen molar-refractivity contribution < 1.29 is 14.3 Å². The number of ether oxygens (including phenoxy) is 2. The zero-order valence-corrected chi connectivity index (χ0v) is 17.7. The quantitative estimate of drug-likeness (QED) is 0.697. The molecule has 1 N–H and O–H groups in total. The van der Waals surface area contributed by atoms with Gasteiger partial charge in [-0.2, -0.15) is 5.10 Å². The molecule has 1 amide bonds. The summed E-state index contributed by atoms with van der Waals surface area (Å²) in [5.74, 6) is 1.04. The summed E-state index contributed by atoms with van der Waals surface area (Å²) in [7, 11) is 4.95. The van der Waals surface area contributed by atoms with Crippen LogP contribution >= 0.6 is 11.3 Å². The third kappa shape index (κ3) is 4.01. The molecule has 0 atom stereocenters. The van der Waals surface area contributed by atoms with Gasteiger partial charge in [-0.05, 0) is 24.3 Å². The number of aromatic nitrogens is 3. The van der Waals surface area contributed by atoms with Crippen molar-refractivity contribution in [3.63, 3.8) is 0 Å². The molecule has 148 valence electrons. The average Bonchev–Trinajstić information content (AvgIpc) is 3.27. The van der Waals surface area contributed by atoms with Crippen LogP contribution in [0.4, 0.5) is 5.13 Å². The molecule has 2 aromatic heterocycles. The third-order valence-corrected chi connectivity index (χ3v) is 5.04. The van der Waals surface area contributed by atoms with Gasteiger partial charge in [0.2, 0.25) is 0 Å². The van der Waals surface area contributed by atoms with E-state index in [0.717, 1.165) is 17.0 Å². The molecule has 3 aromatic rings. The molecule has 0 bridgehead atoms. The molecular formula is C20H24N4O3S. The van der Waals surface area contributed by atoms with E-state index in [1.165, 1.54) is 11.3 Å². The maximum Gasteiger partial charge on any atom is 0.275 e. The summed E-state index contributed by atoms with van der Waals surface area (Å²) >= 11 is 1.36. The SMILES string of the molecule is COc1ccc(-c2csc(NC(=O)c3cc(C(C)(C)C)nn3C)n2)cc1OC. The molecule has 2 heterocycles. The molecule has 1 aromatic carbocycles. The Hall–Kier alpha value is -2.87. The fourth-order valence-electron chi connectivity index (χ4n) is 2.67. The second-order valence-electron chi connectivity index (χ2n) is 7.35. The highest BCUT2D eigenvalue weighted by molar-refractivity contribution is 7.14. The summed E-state index contributed by atoms with van der Waals surface area (Å²) in [6.45, 7) is 6.19. The Morgan fingerprint density at radius 1 is 1.14 bits per heavy atom. The summed E-state index contributed by atoms with van der Waals surface area (Å²) in [6, 6.07) is 7.41. The largest absolute Gasteiger partial charge is 0.493 e. The van der Waals surface area contributed by atoms with Crippen molar-refractivity contribution in [1.29, 1.82) is 0 Å². The van der Waals surface area contributed by atoms with E-state index in [1.807, 2.05) is 29.6 Å². The van der Waals surface area contributed by atoms with E-state index in [4.69, 9.17) is 9.47 Å². The highest BCUT2D eigenvalue weighted by Crippen LogP contribution is 2.33. The lowest BCUT2D eigenvalue weighted by molar-refractivity contribution is 0.101. The van der Waals surface area contributed by atoms with Crippen LogP contribution in [0.25, 0.3) is 11.3 Å². The van der Waals surface area contributed by atoms with Crippen LogP contribution < -0.4 is 14.8 Å². The van der Waals surface area contributed by atoms with Crippen LogP contribution in [-0.2, 0) is 12.5 Å². The van der Waals surface area contributed by atoms with Crippen LogP contribution in [0.3, 0.4) is 0 Å². The van der Waals surface area contributed by atoms with E-state index in [1.54, 1.807) is 25.9 Å². The van der Waals surface area contributed by atoms with Crippen LogP contribution in [-0.4, -0.2) is 34.9 Å². The highest BCUT2D eigenvalue weighted by atomic mass is 32.1. The normalized spacial score (nSPS) is 11.4. The van der Waals surface area contributed by atoms with E-state index in [0.29, 0.717) is 22.3 Å². The van der Waals surface area contributed by atoms with E-state index in [9.17, 15) is 4.79 Å². The van der Waals surface area contributed by atoms with Crippen LogP contribution in [0.15, 0.2) is 29.6 Å². The van der Waals surface area contributed by atoms with Crippen LogP contribution in [0, 0.1) is 0 Å². The van der Waals surface area contributed by atoms with Crippen molar-refractivity contribution in [3.8, 4) is 22.8 Å². The van der Waals surface area contributed by atoms with E-state index in [-0.39, 0.29) is 11.3 Å². The molecule has 3 rings (SSSR count). The first-order chi connectivity index (χ1) is 13.2. The van der Waals surface area contributed by atoms with Crippen LogP contribution in [0.1, 0.15) is 37.0 Å². The van der Waals surface area contributed by atoms with Gasteiger partial charge in [-0.1, -0.05) is 20.8 Å². The van der Waals surface area contributed by atoms with Gasteiger partial charge >= 0.3 is 0 Å². The Morgan fingerprint density at radius 2 is 1.86 bits per heavy atom. The first-order valence-corrected chi connectivity index (χ1v) is 9.64. The minimum Gasteiger partial charge on any atom is -0.493 e. The number of methoxy groups -OCH3 is 2. The smallest absolute Gasteiger partial charge is 0.275 e. The number of anilines is 1. The Labute approximate surface area is 168 Å². The van der Waals surface area contributed by atoms with Gasteiger partial charge in [-0.25, -0.2) is 4.98 Å². The molecule has 28 heavy (non-hydrogen) atoms. The molecule has 0 aliphatic carbocycles. The fourth-order valence-corrected chi connectivity index (χ4v) is 3.38. The van der Waals surface area contributed by atoms with Gasteiger partial charge in [0.05, 0.1) is 25.6 Å². The maximum absolute atomic E-state index is 12.7. The van der Waals surface area contributed by atoms with Gasteiger partial charge in [0.25, 0.3) is 5.91 Å². The first kappa shape index (κ1) is 19.9. The number of nitrogens with zero attached hydrogens (tertiary/aromatic N) is 3. The standard InChI is InChI=1S/C20H24N4O3S/c1-20(2,3)17-10-14(24(4)23-17)18(25)22-19-21-13(11-28-19)12-7-8-15(26-5)16(9-12)27-6/h7-11H,1-6H3,(H,21,22,25). The molecular weight excluding hydrogens is 376 g/mol. The molecule has 0 saturated heterocycles. The number of thiazole rings is 1. The van der Waals surface area contributed by atoms with Crippen molar-refractivity contribution in [2.45, 2.75) is 26.2 Å². The molecule has 0 unspecified atom stereocenters. The topological polar surface area (TPSA) is 78.3 Å². The molecule has 0 aliphatic heterocycles. The third-order valence-electron chi connectivity index (χ3n) is 4.28. The minimum atomic E-state index is -0.237. The molecule has 7 nitrogen and oxygen atoms in total. The number of carbonyl (C=O) groups excluding carboxylic acids is 1. The Kier molecular flexibility index (Phi) is 5.42. The highest BCUT2D eigenvalue weighted by Gasteiger charge is 2.22. The number of aryl methyl sites for hydroxylation is 1. The molecule has 8 heteroatoms. The molecule has 0 fully saturated rings. The summed E-state index contributed by atoms with van der Waals surface area (Å²) in [5, 5.41) is 9.71. The van der Waals surface area contributed by atoms with Gasteiger partial charge in [-0.15, -0.1) is 11.3 Å². The van der Waals surface area contributed by atoms with Crippen molar-refractivity contribution in [1.82, 2.24) is 14.8 Å². The predicted octanol–water partition coefficient (Wildman–Crippen LogP) is 4.11. The van der Waals surface area contributed by atoms with E-state index in [2.05, 4.69) is 36.2 Å². The van der Waals surface area contributed by atoms with E-state index >= 15 is 0 Å². The van der Waals surface area contributed by atoms with Gasteiger partial charge in [0.15, 0.2) is 16.6 Å². The van der Waals surface area contributed by atoms with Crippen molar-refractivity contribution >= 4 is 22.4 Å². The molecule has 0 radical (unpaired) electrons. The number of benzene rings is 1. The second-order valence-corrected chi connectivity index (χ2v) is 8.21. The van der Waals surface area contributed by atoms with E-state index < -0.39 is 0 Å². The summed E-state index contributed by atoms with van der Waals surface area (Å²) in [5.41, 5.74) is 2.86. The van der Waals surface area contributed by atoms with Crippen molar-refractivity contribution in [2.24, 2.45) is 7.05 Å². The Bertz CT molecular complexity index is 1000. The minimum absolute atomic E-state index is 0.127. The summed E-state index contributed by atoms with van der Waals surface area (Å²) in [6.07, 6.45) is 0. The maximum atomic E-state index is 12.7. The molecule has 0 spiro atoms. The van der Waals surface area contributed by atoms with Gasteiger partial charge < -0.3 is 9.47 Å². The second kappa shape index (κ2) is 7.63. The zero-order valence-electron chi connectivity index (χ0n) is 16.9. The number of hydrogen-bond acceptors (Lipinski definition) is 6. The molecule has 0 aliphatic rings. The number of nitrogens with one attached hydrogen (secondary N) is 1. The lowest BCUT2D eigenvalue weighted by Gasteiger charge is -2.13. The number of carbonyl (C=O) groups is 1. The zero-order chi connectivity index (χ0) is 20.5. The van der Waals surface area contributed by atoms with Gasteiger partial charge in [-0.3, -0.25) is 14.8 Å². The fraction of sp³-hybridized carbons (Fsp3) is 0.350. The lowest BCUT2D eigenvalue weighted by Crippen LogP contribution is -2.15.